The largest absolute Gasteiger partial charge is 0.481 e. The maximum atomic E-state index is 12.8. The number of halogens is 3. The van der Waals surface area contributed by atoms with Gasteiger partial charge in [-0.3, -0.25) is 4.90 Å². The van der Waals surface area contributed by atoms with Crippen molar-refractivity contribution in [1.29, 1.82) is 0 Å². The van der Waals surface area contributed by atoms with Crippen LogP contribution in [-0.2, 0) is 12.7 Å². The van der Waals surface area contributed by atoms with Gasteiger partial charge in [-0.25, -0.2) is 15.0 Å². The fraction of sp³-hybridized carbons (Fsp3) is 0.438. The molecule has 9 heteroatoms. The van der Waals surface area contributed by atoms with E-state index in [2.05, 4.69) is 19.9 Å². The number of anilines is 1. The zero-order valence-corrected chi connectivity index (χ0v) is 13.7. The van der Waals surface area contributed by atoms with Crippen LogP contribution < -0.4 is 9.64 Å². The zero-order chi connectivity index (χ0) is 17.9. The Morgan fingerprint density at radius 1 is 1.12 bits per heavy atom. The first-order valence-corrected chi connectivity index (χ1v) is 7.82. The van der Waals surface area contributed by atoms with E-state index in [-0.39, 0.29) is 0 Å². The standard InChI is InChI=1S/C16H18F3N5O/c1-25-15-4-2-3-12(22-15)10-23-5-7-24(8-6-23)14-9-13(16(17,18)19)20-11-21-14/h2-4,9,11H,5-8,10H2,1H3. The molecule has 0 unspecified atom stereocenters. The Balaban J connectivity index is 1.60. The Hall–Kier alpha value is -2.42. The van der Waals surface area contributed by atoms with E-state index < -0.39 is 11.9 Å². The highest BCUT2D eigenvalue weighted by molar-refractivity contribution is 5.40. The summed E-state index contributed by atoms with van der Waals surface area (Å²) in [5.41, 5.74) is -0.0188. The van der Waals surface area contributed by atoms with E-state index >= 15 is 0 Å². The highest BCUT2D eigenvalue weighted by Gasteiger charge is 2.33. The number of nitrogens with zero attached hydrogens (tertiary/aromatic N) is 5. The van der Waals surface area contributed by atoms with Crippen molar-refractivity contribution in [2.75, 3.05) is 38.2 Å². The van der Waals surface area contributed by atoms with Gasteiger partial charge in [0.2, 0.25) is 5.88 Å². The summed E-state index contributed by atoms with van der Waals surface area (Å²) in [6, 6.07) is 6.60. The normalized spacial score (nSPS) is 16.1. The predicted octanol–water partition coefficient (Wildman–Crippen LogP) is 2.22. The lowest BCUT2D eigenvalue weighted by Gasteiger charge is -2.35. The molecule has 25 heavy (non-hydrogen) atoms. The summed E-state index contributed by atoms with van der Waals surface area (Å²) in [4.78, 5) is 15.7. The molecule has 0 N–H and O–H groups in total. The fourth-order valence-electron chi connectivity index (χ4n) is 2.70. The minimum Gasteiger partial charge on any atom is -0.481 e. The maximum Gasteiger partial charge on any atom is 0.433 e. The molecule has 2 aromatic rings. The number of hydrogen-bond donors (Lipinski definition) is 0. The van der Waals surface area contributed by atoms with E-state index in [1.165, 1.54) is 0 Å². The van der Waals surface area contributed by atoms with Crippen LogP contribution in [0.5, 0.6) is 5.88 Å². The molecule has 0 aliphatic carbocycles. The summed E-state index contributed by atoms with van der Waals surface area (Å²) < 4.78 is 43.4. The van der Waals surface area contributed by atoms with E-state index in [1.54, 1.807) is 13.2 Å². The van der Waals surface area contributed by atoms with Crippen molar-refractivity contribution in [2.45, 2.75) is 12.7 Å². The van der Waals surface area contributed by atoms with Crippen molar-refractivity contribution < 1.29 is 17.9 Å². The molecule has 0 aromatic carbocycles. The molecule has 6 nitrogen and oxygen atoms in total. The zero-order valence-electron chi connectivity index (χ0n) is 13.7. The smallest absolute Gasteiger partial charge is 0.433 e. The molecule has 0 spiro atoms. The van der Waals surface area contributed by atoms with Crippen molar-refractivity contribution >= 4 is 5.82 Å². The molecule has 1 aliphatic heterocycles. The lowest BCUT2D eigenvalue weighted by atomic mass is 10.2. The highest BCUT2D eigenvalue weighted by Crippen LogP contribution is 2.29. The van der Waals surface area contributed by atoms with E-state index in [9.17, 15) is 13.2 Å². The molecule has 0 saturated carbocycles. The number of rotatable bonds is 4. The average molecular weight is 353 g/mol. The van der Waals surface area contributed by atoms with E-state index in [4.69, 9.17) is 4.74 Å². The van der Waals surface area contributed by atoms with Gasteiger partial charge in [0.15, 0.2) is 0 Å². The van der Waals surface area contributed by atoms with Gasteiger partial charge in [0.1, 0.15) is 17.8 Å². The molecule has 2 aromatic heterocycles. The van der Waals surface area contributed by atoms with Crippen LogP contribution in [0, 0.1) is 0 Å². The van der Waals surface area contributed by atoms with Crippen molar-refractivity contribution in [3.63, 3.8) is 0 Å². The lowest BCUT2D eigenvalue weighted by molar-refractivity contribution is -0.141. The van der Waals surface area contributed by atoms with Gasteiger partial charge in [-0.05, 0) is 6.07 Å². The number of piperazine rings is 1. The summed E-state index contributed by atoms with van der Waals surface area (Å²) in [7, 11) is 1.57. The summed E-state index contributed by atoms with van der Waals surface area (Å²) in [5, 5.41) is 0. The van der Waals surface area contributed by atoms with Gasteiger partial charge in [-0.1, -0.05) is 6.07 Å². The molecular weight excluding hydrogens is 335 g/mol. The fourth-order valence-corrected chi connectivity index (χ4v) is 2.70. The van der Waals surface area contributed by atoms with Crippen LogP contribution in [0.4, 0.5) is 19.0 Å². The van der Waals surface area contributed by atoms with Gasteiger partial charge in [-0.2, -0.15) is 13.2 Å². The molecule has 1 saturated heterocycles. The van der Waals surface area contributed by atoms with Gasteiger partial charge >= 0.3 is 6.18 Å². The lowest BCUT2D eigenvalue weighted by Crippen LogP contribution is -2.46. The Labute approximate surface area is 143 Å². The van der Waals surface area contributed by atoms with E-state index in [0.717, 1.165) is 18.1 Å². The van der Waals surface area contributed by atoms with Gasteiger partial charge in [0, 0.05) is 44.9 Å². The highest BCUT2D eigenvalue weighted by atomic mass is 19.4. The molecule has 0 atom stereocenters. The van der Waals surface area contributed by atoms with Gasteiger partial charge in [0.05, 0.1) is 12.8 Å². The average Bonchev–Trinajstić information content (AvgIpc) is 2.62. The first-order valence-electron chi connectivity index (χ1n) is 7.82. The van der Waals surface area contributed by atoms with Crippen LogP contribution in [0.2, 0.25) is 0 Å². The third-order valence-electron chi connectivity index (χ3n) is 4.02. The number of ether oxygens (including phenoxy) is 1. The first kappa shape index (κ1) is 17.4. The molecule has 1 fully saturated rings. The topological polar surface area (TPSA) is 54.4 Å². The number of pyridine rings is 1. The van der Waals surface area contributed by atoms with Gasteiger partial charge < -0.3 is 9.64 Å². The third kappa shape index (κ3) is 4.36. The Kier molecular flexibility index (Phi) is 5.03. The van der Waals surface area contributed by atoms with Crippen LogP contribution in [0.3, 0.4) is 0 Å². The molecule has 134 valence electrons. The predicted molar refractivity (Wildman–Crippen MR) is 85.3 cm³/mol. The van der Waals surface area contributed by atoms with Crippen LogP contribution in [0.25, 0.3) is 0 Å². The number of hydrogen-bond acceptors (Lipinski definition) is 6. The van der Waals surface area contributed by atoms with Crippen molar-refractivity contribution in [3.8, 4) is 5.88 Å². The second-order valence-corrected chi connectivity index (χ2v) is 5.69. The van der Waals surface area contributed by atoms with Crippen LogP contribution in [-0.4, -0.2) is 53.1 Å². The first-order chi connectivity index (χ1) is 12.0. The number of methoxy groups -OCH3 is 1. The Morgan fingerprint density at radius 3 is 2.56 bits per heavy atom. The third-order valence-corrected chi connectivity index (χ3v) is 4.02. The molecule has 3 rings (SSSR count). The minimum atomic E-state index is -4.46. The minimum absolute atomic E-state index is 0.307. The van der Waals surface area contributed by atoms with Gasteiger partial charge in [-0.15, -0.1) is 0 Å². The molecule has 0 bridgehead atoms. The molecule has 0 radical (unpaired) electrons. The quantitative estimate of drug-likeness (QED) is 0.840. The Morgan fingerprint density at radius 2 is 1.88 bits per heavy atom. The van der Waals surface area contributed by atoms with Crippen molar-refractivity contribution in [3.05, 3.63) is 42.0 Å². The summed E-state index contributed by atoms with van der Waals surface area (Å²) in [6.45, 7) is 3.29. The molecular formula is C16H18F3N5O. The maximum absolute atomic E-state index is 12.8. The molecule has 1 aliphatic rings. The monoisotopic (exact) mass is 353 g/mol. The summed E-state index contributed by atoms with van der Waals surface area (Å²) >= 11 is 0. The number of alkyl halides is 3. The SMILES string of the molecule is COc1cccc(CN2CCN(c3cc(C(F)(F)F)ncn3)CC2)n1. The van der Waals surface area contributed by atoms with Crippen molar-refractivity contribution in [1.82, 2.24) is 19.9 Å². The van der Waals surface area contributed by atoms with Crippen LogP contribution in [0.15, 0.2) is 30.6 Å². The molecule has 0 amide bonds. The molecule has 3 heterocycles. The van der Waals surface area contributed by atoms with E-state index in [0.29, 0.717) is 44.4 Å². The summed E-state index contributed by atoms with van der Waals surface area (Å²) in [5.74, 6) is 0.873. The van der Waals surface area contributed by atoms with Crippen LogP contribution in [0.1, 0.15) is 11.4 Å². The van der Waals surface area contributed by atoms with Gasteiger partial charge in [0.25, 0.3) is 0 Å². The Bertz CT molecular complexity index is 717. The van der Waals surface area contributed by atoms with E-state index in [1.807, 2.05) is 17.0 Å². The summed E-state index contributed by atoms with van der Waals surface area (Å²) in [6.07, 6.45) is -3.50. The second-order valence-electron chi connectivity index (χ2n) is 5.69. The second kappa shape index (κ2) is 7.22. The van der Waals surface area contributed by atoms with Crippen LogP contribution >= 0.6 is 0 Å². The number of aromatic nitrogens is 3. The van der Waals surface area contributed by atoms with Crippen molar-refractivity contribution in [2.24, 2.45) is 0 Å².